The molecule has 1 amide bonds. The largest absolute Gasteiger partial charge is 0.409 e. The van der Waals surface area contributed by atoms with Crippen molar-refractivity contribution in [2.24, 2.45) is 16.8 Å². The van der Waals surface area contributed by atoms with Crippen molar-refractivity contribution in [1.29, 1.82) is 0 Å². The van der Waals surface area contributed by atoms with Crippen molar-refractivity contribution < 1.29 is 19.5 Å². The van der Waals surface area contributed by atoms with Crippen LogP contribution in [0.25, 0.3) is 0 Å². The highest BCUT2D eigenvalue weighted by Crippen LogP contribution is 2.15. The van der Waals surface area contributed by atoms with Crippen LogP contribution in [0.1, 0.15) is 12.8 Å². The van der Waals surface area contributed by atoms with E-state index < -0.39 is 0 Å². The lowest BCUT2D eigenvalue weighted by molar-refractivity contribution is -0.136. The molecule has 0 bridgehead atoms. The summed E-state index contributed by atoms with van der Waals surface area (Å²) < 4.78 is 10.2. The highest BCUT2D eigenvalue weighted by molar-refractivity contribution is 5.82. The molecule has 1 fully saturated rings. The van der Waals surface area contributed by atoms with Gasteiger partial charge in [0.1, 0.15) is 5.84 Å². The van der Waals surface area contributed by atoms with Crippen LogP contribution in [0.3, 0.4) is 0 Å². The summed E-state index contributed by atoms with van der Waals surface area (Å²) >= 11 is 0. The van der Waals surface area contributed by atoms with Crippen molar-refractivity contribution in [1.82, 2.24) is 4.90 Å². The molecule has 0 aliphatic carbocycles. The van der Waals surface area contributed by atoms with Crippen molar-refractivity contribution in [2.45, 2.75) is 12.8 Å². The molecule has 1 atom stereocenters. The van der Waals surface area contributed by atoms with Crippen LogP contribution in [-0.4, -0.2) is 61.9 Å². The van der Waals surface area contributed by atoms with E-state index in [0.29, 0.717) is 39.3 Å². The van der Waals surface area contributed by atoms with Gasteiger partial charge in [0.15, 0.2) is 0 Å². The first-order valence-corrected chi connectivity index (χ1v) is 6.01. The first-order valence-electron chi connectivity index (χ1n) is 6.01. The smallest absolute Gasteiger partial charge is 0.228 e. The standard InChI is InChI=1S/C11H21N3O4/c1-17-7-5-14(4-2-10(12)13-16)11(15)9-3-6-18-8-9/h9,16H,2-8H2,1H3,(H2,12,13). The second-order valence-electron chi connectivity index (χ2n) is 4.22. The van der Waals surface area contributed by atoms with Gasteiger partial charge in [-0.2, -0.15) is 0 Å². The second-order valence-corrected chi connectivity index (χ2v) is 4.22. The Kier molecular flexibility index (Phi) is 6.45. The lowest BCUT2D eigenvalue weighted by atomic mass is 10.1. The van der Waals surface area contributed by atoms with Crippen LogP contribution < -0.4 is 5.73 Å². The molecule has 7 heteroatoms. The number of hydrogen-bond donors (Lipinski definition) is 2. The number of rotatable bonds is 7. The molecule has 0 radical (unpaired) electrons. The molecule has 1 aliphatic heterocycles. The van der Waals surface area contributed by atoms with Crippen LogP contribution in [-0.2, 0) is 14.3 Å². The molecule has 3 N–H and O–H groups in total. The Morgan fingerprint density at radius 3 is 2.94 bits per heavy atom. The van der Waals surface area contributed by atoms with Gasteiger partial charge in [-0.05, 0) is 6.42 Å². The van der Waals surface area contributed by atoms with Crippen LogP contribution in [0.2, 0.25) is 0 Å². The van der Waals surface area contributed by atoms with Crippen molar-refractivity contribution in [3.05, 3.63) is 0 Å². The average Bonchev–Trinajstić information content (AvgIpc) is 2.91. The van der Waals surface area contributed by atoms with Crippen LogP contribution in [0.5, 0.6) is 0 Å². The van der Waals surface area contributed by atoms with E-state index in [2.05, 4.69) is 5.16 Å². The summed E-state index contributed by atoms with van der Waals surface area (Å²) in [4.78, 5) is 13.9. The zero-order valence-electron chi connectivity index (χ0n) is 10.7. The molecule has 0 spiro atoms. The predicted octanol–water partition coefficient (Wildman–Crippen LogP) is -0.366. The Labute approximate surface area is 107 Å². The minimum atomic E-state index is -0.0749. The van der Waals surface area contributed by atoms with Crippen molar-refractivity contribution in [3.8, 4) is 0 Å². The number of methoxy groups -OCH3 is 1. The van der Waals surface area contributed by atoms with E-state index >= 15 is 0 Å². The molecule has 104 valence electrons. The Morgan fingerprint density at radius 2 is 2.39 bits per heavy atom. The molecular weight excluding hydrogens is 238 g/mol. The van der Waals surface area contributed by atoms with Gasteiger partial charge >= 0.3 is 0 Å². The van der Waals surface area contributed by atoms with Gasteiger partial charge in [-0.25, -0.2) is 0 Å². The Morgan fingerprint density at radius 1 is 1.61 bits per heavy atom. The van der Waals surface area contributed by atoms with Crippen molar-refractivity contribution in [2.75, 3.05) is 40.0 Å². The SMILES string of the molecule is COCCN(CCC(N)=NO)C(=O)C1CCOC1. The van der Waals surface area contributed by atoms with Gasteiger partial charge in [-0.1, -0.05) is 5.16 Å². The van der Waals surface area contributed by atoms with Crippen molar-refractivity contribution in [3.63, 3.8) is 0 Å². The number of nitrogens with zero attached hydrogens (tertiary/aromatic N) is 2. The van der Waals surface area contributed by atoms with Crippen LogP contribution in [0.4, 0.5) is 0 Å². The predicted molar refractivity (Wildman–Crippen MR) is 65.4 cm³/mol. The molecule has 1 aliphatic rings. The van der Waals surface area contributed by atoms with Gasteiger partial charge in [0, 0.05) is 33.2 Å². The van der Waals surface area contributed by atoms with Gasteiger partial charge in [0.25, 0.3) is 0 Å². The highest BCUT2D eigenvalue weighted by atomic mass is 16.5. The molecule has 7 nitrogen and oxygen atoms in total. The number of carbonyl (C=O) groups is 1. The van der Waals surface area contributed by atoms with E-state index in [9.17, 15) is 4.79 Å². The monoisotopic (exact) mass is 259 g/mol. The molecule has 1 unspecified atom stereocenters. The van der Waals surface area contributed by atoms with Gasteiger partial charge in [0.2, 0.25) is 5.91 Å². The zero-order valence-corrected chi connectivity index (χ0v) is 10.7. The van der Waals surface area contributed by atoms with Crippen molar-refractivity contribution >= 4 is 11.7 Å². The molecule has 1 heterocycles. The van der Waals surface area contributed by atoms with Crippen LogP contribution >= 0.6 is 0 Å². The van der Waals surface area contributed by atoms with Crippen LogP contribution in [0.15, 0.2) is 5.16 Å². The lowest BCUT2D eigenvalue weighted by Gasteiger charge is -2.24. The number of oxime groups is 1. The number of carbonyl (C=O) groups excluding carboxylic acids is 1. The maximum absolute atomic E-state index is 12.2. The molecule has 0 aromatic heterocycles. The number of nitrogens with two attached hydrogens (primary N) is 1. The lowest BCUT2D eigenvalue weighted by Crippen LogP contribution is -2.40. The summed E-state index contributed by atoms with van der Waals surface area (Å²) in [5.41, 5.74) is 5.41. The molecule has 0 saturated carbocycles. The number of amidine groups is 1. The van der Waals surface area contributed by atoms with E-state index in [1.807, 2.05) is 0 Å². The summed E-state index contributed by atoms with van der Waals surface area (Å²) in [6.45, 7) is 2.51. The van der Waals surface area contributed by atoms with E-state index in [1.165, 1.54) is 0 Å². The van der Waals surface area contributed by atoms with Crippen LogP contribution in [0, 0.1) is 5.92 Å². The summed E-state index contributed by atoms with van der Waals surface area (Å²) in [5, 5.41) is 11.4. The third kappa shape index (κ3) is 4.50. The van der Waals surface area contributed by atoms with Gasteiger partial charge in [-0.15, -0.1) is 0 Å². The Balaban J connectivity index is 2.50. The summed E-state index contributed by atoms with van der Waals surface area (Å²) in [7, 11) is 1.59. The van der Waals surface area contributed by atoms with Gasteiger partial charge in [0.05, 0.1) is 19.1 Å². The topological polar surface area (TPSA) is 97.4 Å². The Bertz CT molecular complexity index is 290. The fraction of sp³-hybridized carbons (Fsp3) is 0.818. The molecule has 0 aromatic carbocycles. The first kappa shape index (κ1) is 14.7. The normalized spacial score (nSPS) is 20.1. The zero-order chi connectivity index (χ0) is 13.4. The minimum absolute atomic E-state index is 0.0512. The number of hydrogen-bond acceptors (Lipinski definition) is 5. The highest BCUT2D eigenvalue weighted by Gasteiger charge is 2.27. The molecule has 0 aromatic rings. The molecular formula is C11H21N3O4. The van der Waals surface area contributed by atoms with E-state index in [1.54, 1.807) is 12.0 Å². The summed E-state index contributed by atoms with van der Waals surface area (Å²) in [6, 6.07) is 0. The third-order valence-electron chi connectivity index (χ3n) is 2.92. The molecule has 1 saturated heterocycles. The fourth-order valence-electron chi connectivity index (χ4n) is 1.82. The minimum Gasteiger partial charge on any atom is -0.409 e. The molecule has 1 rings (SSSR count). The number of ether oxygens (including phenoxy) is 2. The summed E-state index contributed by atoms with van der Waals surface area (Å²) in [6.07, 6.45) is 1.10. The number of amides is 1. The van der Waals surface area contributed by atoms with Gasteiger partial charge < -0.3 is 25.3 Å². The second kappa shape index (κ2) is 7.88. The molecule has 18 heavy (non-hydrogen) atoms. The quantitative estimate of drug-likeness (QED) is 0.281. The maximum Gasteiger partial charge on any atom is 0.228 e. The van der Waals surface area contributed by atoms with E-state index in [0.717, 1.165) is 6.42 Å². The average molecular weight is 259 g/mol. The Hall–Kier alpha value is -1.34. The van der Waals surface area contributed by atoms with E-state index in [4.69, 9.17) is 20.4 Å². The first-order chi connectivity index (χ1) is 8.69. The van der Waals surface area contributed by atoms with E-state index in [-0.39, 0.29) is 17.7 Å². The fourth-order valence-corrected chi connectivity index (χ4v) is 1.82. The maximum atomic E-state index is 12.2. The summed E-state index contributed by atoms with van der Waals surface area (Å²) in [5.74, 6) is 0.0947. The third-order valence-corrected chi connectivity index (χ3v) is 2.92. The van der Waals surface area contributed by atoms with Gasteiger partial charge in [-0.3, -0.25) is 4.79 Å².